The Morgan fingerprint density at radius 3 is 2.14 bits per heavy atom. The van der Waals surface area contributed by atoms with Crippen LogP contribution in [0.4, 0.5) is 5.69 Å². The van der Waals surface area contributed by atoms with E-state index in [0.29, 0.717) is 31.1 Å². The predicted molar refractivity (Wildman–Crippen MR) is 115 cm³/mol. The summed E-state index contributed by atoms with van der Waals surface area (Å²) >= 11 is 0. The summed E-state index contributed by atoms with van der Waals surface area (Å²) in [4.78, 5) is 14.3. The fraction of sp³-hybridized carbons (Fsp3) is 0.409. The molecular weight excluding hydrogens is 386 g/mol. The Hall–Kier alpha value is -2.22. The van der Waals surface area contributed by atoms with Crippen molar-refractivity contribution in [2.24, 2.45) is 0 Å². The number of carbonyl (C=O) groups excluding carboxylic acids is 1. The quantitative estimate of drug-likeness (QED) is 0.777. The number of nitrogens with one attached hydrogen (secondary N) is 2. The zero-order valence-electron chi connectivity index (χ0n) is 17.5. The first-order valence-electron chi connectivity index (χ1n) is 9.98. The van der Waals surface area contributed by atoms with E-state index in [0.717, 1.165) is 21.7 Å². The summed E-state index contributed by atoms with van der Waals surface area (Å²) in [5, 5.41) is 3.08. The highest BCUT2D eigenvalue weighted by Gasteiger charge is 2.34. The average Bonchev–Trinajstić information content (AvgIpc) is 2.70. The second kappa shape index (κ2) is 8.65. The lowest BCUT2D eigenvalue weighted by Crippen LogP contribution is -3.19. The normalized spacial score (nSPS) is 17.1. The Morgan fingerprint density at radius 2 is 1.59 bits per heavy atom. The van der Waals surface area contributed by atoms with Crippen molar-refractivity contribution in [2.75, 3.05) is 31.5 Å². The number of sulfonamides is 1. The molecule has 29 heavy (non-hydrogen) atoms. The van der Waals surface area contributed by atoms with Gasteiger partial charge >= 0.3 is 0 Å². The number of rotatable bonds is 5. The van der Waals surface area contributed by atoms with Crippen LogP contribution >= 0.6 is 0 Å². The topological polar surface area (TPSA) is 70.9 Å². The molecule has 3 rings (SSSR count). The highest BCUT2D eigenvalue weighted by molar-refractivity contribution is 7.89. The molecule has 0 aliphatic carbocycles. The zero-order chi connectivity index (χ0) is 21.2. The van der Waals surface area contributed by atoms with Crippen LogP contribution in [-0.2, 0) is 14.8 Å². The monoisotopic (exact) mass is 416 g/mol. The van der Waals surface area contributed by atoms with Crippen LogP contribution < -0.4 is 10.2 Å². The minimum atomic E-state index is -3.48. The Bertz CT molecular complexity index is 959. The van der Waals surface area contributed by atoms with Gasteiger partial charge in [-0.1, -0.05) is 35.9 Å². The molecule has 0 saturated carbocycles. The summed E-state index contributed by atoms with van der Waals surface area (Å²) in [6.45, 7) is 9.98. The van der Waals surface area contributed by atoms with Gasteiger partial charge in [0, 0.05) is 5.69 Å². The van der Waals surface area contributed by atoms with Crippen LogP contribution in [0.5, 0.6) is 0 Å². The smallest absolute Gasteiger partial charge is 0.282 e. The van der Waals surface area contributed by atoms with Crippen LogP contribution in [-0.4, -0.2) is 50.9 Å². The van der Waals surface area contributed by atoms with Crippen LogP contribution in [0.15, 0.2) is 47.4 Å². The third kappa shape index (κ3) is 4.69. The van der Waals surface area contributed by atoms with Crippen molar-refractivity contribution in [2.45, 2.75) is 38.6 Å². The summed E-state index contributed by atoms with van der Waals surface area (Å²) in [6.07, 6.45) is 0. The highest BCUT2D eigenvalue weighted by Crippen LogP contribution is 2.22. The molecule has 1 aliphatic heterocycles. The molecule has 0 aromatic heterocycles. The number of benzene rings is 2. The molecule has 1 aliphatic rings. The Balaban J connectivity index is 1.63. The van der Waals surface area contributed by atoms with Gasteiger partial charge in [-0.25, -0.2) is 8.42 Å². The van der Waals surface area contributed by atoms with Crippen molar-refractivity contribution in [3.8, 4) is 0 Å². The summed E-state index contributed by atoms with van der Waals surface area (Å²) in [7, 11) is -3.48. The van der Waals surface area contributed by atoms with Crippen molar-refractivity contribution in [3.63, 3.8) is 0 Å². The van der Waals surface area contributed by atoms with Gasteiger partial charge < -0.3 is 10.2 Å². The van der Waals surface area contributed by atoms with Crippen molar-refractivity contribution in [3.05, 3.63) is 59.2 Å². The fourth-order valence-corrected chi connectivity index (χ4v) is 5.44. The molecule has 6 nitrogen and oxygen atoms in total. The third-order valence-corrected chi connectivity index (χ3v) is 7.59. The predicted octanol–water partition coefficient (Wildman–Crippen LogP) is 1.53. The zero-order valence-corrected chi connectivity index (χ0v) is 18.3. The molecule has 1 atom stereocenters. The number of hydrogen-bond acceptors (Lipinski definition) is 3. The van der Waals surface area contributed by atoms with Gasteiger partial charge in [0.2, 0.25) is 10.0 Å². The Kier molecular flexibility index (Phi) is 6.41. The van der Waals surface area contributed by atoms with Crippen LogP contribution in [0.2, 0.25) is 0 Å². The van der Waals surface area contributed by atoms with E-state index >= 15 is 0 Å². The highest BCUT2D eigenvalue weighted by atomic mass is 32.2. The lowest BCUT2D eigenvalue weighted by molar-refractivity contribution is -0.917. The largest absolute Gasteiger partial charge is 0.323 e. The molecular formula is C22H30N3O3S+. The van der Waals surface area contributed by atoms with Crippen molar-refractivity contribution in [1.29, 1.82) is 0 Å². The number of quaternary nitrogens is 1. The molecule has 0 spiro atoms. The molecule has 7 heteroatoms. The first kappa shape index (κ1) is 21.5. The van der Waals surface area contributed by atoms with Gasteiger partial charge in [-0.2, -0.15) is 4.31 Å². The molecule has 1 amide bonds. The average molecular weight is 417 g/mol. The number of nitrogens with zero attached hydrogens (tertiary/aromatic N) is 1. The SMILES string of the molecule is Cc1cc(C)c(NC(=O)[C@H](C)[NH+]2CCN(S(=O)(=O)c3ccccc3)CC2)c(C)c1. The van der Waals surface area contributed by atoms with Gasteiger partial charge in [-0.3, -0.25) is 4.79 Å². The lowest BCUT2D eigenvalue weighted by Gasteiger charge is -2.34. The molecule has 1 saturated heterocycles. The van der Waals surface area contributed by atoms with Gasteiger partial charge in [0.05, 0.1) is 31.1 Å². The van der Waals surface area contributed by atoms with Crippen LogP contribution in [0.3, 0.4) is 0 Å². The van der Waals surface area contributed by atoms with Crippen molar-refractivity contribution < 1.29 is 18.1 Å². The second-order valence-electron chi connectivity index (χ2n) is 7.86. The number of piperazine rings is 1. The molecule has 0 bridgehead atoms. The van der Waals surface area contributed by atoms with Crippen LogP contribution in [0.1, 0.15) is 23.6 Å². The van der Waals surface area contributed by atoms with Gasteiger partial charge in [-0.15, -0.1) is 0 Å². The maximum absolute atomic E-state index is 12.8. The molecule has 156 valence electrons. The minimum Gasteiger partial charge on any atom is -0.323 e. The van der Waals surface area contributed by atoms with E-state index in [1.54, 1.807) is 30.3 Å². The Labute approximate surface area is 173 Å². The van der Waals surface area contributed by atoms with Gasteiger partial charge in [0.25, 0.3) is 5.91 Å². The lowest BCUT2D eigenvalue weighted by atomic mass is 10.0. The first-order valence-corrected chi connectivity index (χ1v) is 11.4. The number of aryl methyl sites for hydroxylation is 3. The van der Waals surface area contributed by atoms with Gasteiger partial charge in [0.15, 0.2) is 6.04 Å². The molecule has 0 radical (unpaired) electrons. The van der Waals surface area contributed by atoms with Crippen molar-refractivity contribution >= 4 is 21.6 Å². The molecule has 1 heterocycles. The second-order valence-corrected chi connectivity index (χ2v) is 9.80. The minimum absolute atomic E-state index is 0.0329. The number of anilines is 1. The molecule has 1 fully saturated rings. The summed E-state index contributed by atoms with van der Waals surface area (Å²) < 4.78 is 27.1. The van der Waals surface area contributed by atoms with Crippen LogP contribution in [0, 0.1) is 20.8 Å². The number of hydrogen-bond donors (Lipinski definition) is 2. The molecule has 2 aromatic carbocycles. The maximum atomic E-state index is 12.8. The fourth-order valence-electron chi connectivity index (χ4n) is 3.98. The number of carbonyl (C=O) groups is 1. The van der Waals surface area contributed by atoms with E-state index in [1.165, 1.54) is 9.87 Å². The molecule has 0 unspecified atom stereocenters. The maximum Gasteiger partial charge on any atom is 0.282 e. The van der Waals surface area contributed by atoms with E-state index in [-0.39, 0.29) is 11.9 Å². The van der Waals surface area contributed by atoms with E-state index < -0.39 is 10.0 Å². The summed E-state index contributed by atoms with van der Waals surface area (Å²) in [5.74, 6) is -0.0329. The van der Waals surface area contributed by atoms with Crippen LogP contribution in [0.25, 0.3) is 0 Å². The van der Waals surface area contributed by atoms with E-state index in [2.05, 4.69) is 17.4 Å². The summed E-state index contributed by atoms with van der Waals surface area (Å²) in [5.41, 5.74) is 4.15. The Morgan fingerprint density at radius 1 is 1.03 bits per heavy atom. The van der Waals surface area contributed by atoms with Gasteiger partial charge in [-0.05, 0) is 51.0 Å². The molecule has 2 aromatic rings. The third-order valence-electron chi connectivity index (χ3n) is 5.68. The van der Waals surface area contributed by atoms with E-state index in [1.807, 2.05) is 27.7 Å². The summed E-state index contributed by atoms with van der Waals surface area (Å²) in [6, 6.07) is 12.4. The van der Waals surface area contributed by atoms with E-state index in [9.17, 15) is 13.2 Å². The first-order chi connectivity index (χ1) is 13.7. The molecule has 2 N–H and O–H groups in total. The standard InChI is InChI=1S/C22H29N3O3S/c1-16-14-17(2)21(18(3)15-16)23-22(26)19(4)24-10-12-25(13-11-24)29(27,28)20-8-6-5-7-9-20/h5-9,14-15,19H,10-13H2,1-4H3,(H,23,26)/p+1/t19-/m0/s1. The number of amides is 1. The van der Waals surface area contributed by atoms with E-state index in [4.69, 9.17) is 0 Å². The van der Waals surface area contributed by atoms with Crippen molar-refractivity contribution in [1.82, 2.24) is 4.31 Å². The van der Waals surface area contributed by atoms with Gasteiger partial charge in [0.1, 0.15) is 0 Å².